The Morgan fingerprint density at radius 3 is 1.76 bits per heavy atom. The lowest BCUT2D eigenvalue weighted by Crippen LogP contribution is -1.98. The highest BCUT2D eigenvalue weighted by Crippen LogP contribution is 2.26. The van der Waals surface area contributed by atoms with Gasteiger partial charge in [-0.05, 0) is 23.1 Å². The molecule has 0 aliphatic carbocycles. The summed E-state index contributed by atoms with van der Waals surface area (Å²) in [5.74, 6) is 0. The first-order chi connectivity index (χ1) is 12.3. The monoisotopic (exact) mass is 354 g/mol. The molecular formula is C24H31Cl. The highest BCUT2D eigenvalue weighted by molar-refractivity contribution is 6.22. The van der Waals surface area contributed by atoms with Crippen LogP contribution in [0.25, 0.3) is 5.57 Å². The molecule has 1 unspecified atom stereocenters. The maximum absolute atomic E-state index is 6.66. The summed E-state index contributed by atoms with van der Waals surface area (Å²) < 4.78 is 0. The van der Waals surface area contributed by atoms with E-state index in [-0.39, 0.29) is 5.38 Å². The molecule has 2 aromatic carbocycles. The summed E-state index contributed by atoms with van der Waals surface area (Å²) in [6, 6.07) is 21.1. The van der Waals surface area contributed by atoms with Crippen molar-refractivity contribution in [1.82, 2.24) is 0 Å². The Kier molecular flexibility index (Phi) is 9.44. The summed E-state index contributed by atoms with van der Waals surface area (Å²) in [6.45, 7) is 2.27. The number of halogens is 1. The molecule has 0 spiro atoms. The molecule has 2 aromatic rings. The molecule has 1 heteroatoms. The molecule has 0 nitrogen and oxygen atoms in total. The van der Waals surface area contributed by atoms with Gasteiger partial charge in [0.25, 0.3) is 0 Å². The first kappa shape index (κ1) is 19.8. The lowest BCUT2D eigenvalue weighted by molar-refractivity contribution is 0.579. The second-order valence-electron chi connectivity index (χ2n) is 6.74. The van der Waals surface area contributed by atoms with Crippen LogP contribution in [0.3, 0.4) is 0 Å². The van der Waals surface area contributed by atoms with E-state index in [1.165, 1.54) is 61.6 Å². The van der Waals surface area contributed by atoms with E-state index < -0.39 is 0 Å². The fourth-order valence-electron chi connectivity index (χ4n) is 3.16. The molecule has 0 heterocycles. The quantitative estimate of drug-likeness (QED) is 0.284. The van der Waals surface area contributed by atoms with E-state index >= 15 is 0 Å². The smallest absolute Gasteiger partial charge is 0.0525 e. The molecule has 0 aromatic heterocycles. The normalized spacial score (nSPS) is 11.9. The Labute approximate surface area is 158 Å². The van der Waals surface area contributed by atoms with Gasteiger partial charge in [-0.15, -0.1) is 11.6 Å². The summed E-state index contributed by atoms with van der Waals surface area (Å²) in [5.41, 5.74) is 3.71. The van der Waals surface area contributed by atoms with Crippen LogP contribution in [0.4, 0.5) is 0 Å². The highest BCUT2D eigenvalue weighted by Gasteiger charge is 2.08. The molecule has 0 saturated heterocycles. The number of rotatable bonds is 11. The van der Waals surface area contributed by atoms with Crippen LogP contribution in [0.2, 0.25) is 0 Å². The van der Waals surface area contributed by atoms with E-state index in [4.69, 9.17) is 11.6 Å². The van der Waals surface area contributed by atoms with Crippen molar-refractivity contribution in [3.63, 3.8) is 0 Å². The third-order valence-electron chi connectivity index (χ3n) is 4.60. The van der Waals surface area contributed by atoms with Gasteiger partial charge in [0.05, 0.1) is 5.38 Å². The standard InChI is InChI=1S/C24H31Cl/c1-2-3-4-5-6-7-14-19-23(25)20-24(21-15-10-8-11-16-21)22-17-12-9-13-18-22/h8-13,15-18,20,23H,2-7,14,19H2,1H3. The summed E-state index contributed by atoms with van der Waals surface area (Å²) in [7, 11) is 0. The van der Waals surface area contributed by atoms with Crippen molar-refractivity contribution in [2.24, 2.45) is 0 Å². The van der Waals surface area contributed by atoms with Gasteiger partial charge in [-0.2, -0.15) is 0 Å². The van der Waals surface area contributed by atoms with Gasteiger partial charge >= 0.3 is 0 Å². The van der Waals surface area contributed by atoms with Gasteiger partial charge < -0.3 is 0 Å². The minimum atomic E-state index is 0.0889. The van der Waals surface area contributed by atoms with Gasteiger partial charge in [0.15, 0.2) is 0 Å². The van der Waals surface area contributed by atoms with Gasteiger partial charge in [-0.3, -0.25) is 0 Å². The summed E-state index contributed by atoms with van der Waals surface area (Å²) in [5, 5.41) is 0.0889. The van der Waals surface area contributed by atoms with Crippen molar-refractivity contribution in [2.45, 2.75) is 63.7 Å². The first-order valence-corrected chi connectivity index (χ1v) is 10.2. The Bertz CT molecular complexity index is 559. The highest BCUT2D eigenvalue weighted by atomic mass is 35.5. The first-order valence-electron chi connectivity index (χ1n) is 9.78. The van der Waals surface area contributed by atoms with Crippen LogP contribution in [-0.4, -0.2) is 5.38 Å². The molecule has 0 fully saturated rings. The fraction of sp³-hybridized carbons (Fsp3) is 0.417. The zero-order chi connectivity index (χ0) is 17.7. The Balaban J connectivity index is 1.93. The SMILES string of the molecule is CCCCCCCCCC(Cl)C=C(c1ccccc1)c1ccccc1. The van der Waals surface area contributed by atoms with Crippen LogP contribution in [0, 0.1) is 0 Å². The molecule has 2 rings (SSSR count). The lowest BCUT2D eigenvalue weighted by atomic mass is 9.96. The maximum Gasteiger partial charge on any atom is 0.0525 e. The molecule has 0 bridgehead atoms. The molecular weight excluding hydrogens is 324 g/mol. The van der Waals surface area contributed by atoms with Crippen LogP contribution in [0.5, 0.6) is 0 Å². The zero-order valence-electron chi connectivity index (χ0n) is 15.5. The van der Waals surface area contributed by atoms with Crippen molar-refractivity contribution in [2.75, 3.05) is 0 Å². The minimum absolute atomic E-state index is 0.0889. The second kappa shape index (κ2) is 11.9. The summed E-state index contributed by atoms with van der Waals surface area (Å²) >= 11 is 6.66. The third-order valence-corrected chi connectivity index (χ3v) is 4.94. The van der Waals surface area contributed by atoms with Crippen molar-refractivity contribution < 1.29 is 0 Å². The van der Waals surface area contributed by atoms with Gasteiger partial charge in [0.2, 0.25) is 0 Å². The van der Waals surface area contributed by atoms with Crippen molar-refractivity contribution >= 4 is 17.2 Å². The Morgan fingerprint density at radius 1 is 0.760 bits per heavy atom. The largest absolute Gasteiger partial charge is 0.118 e. The topological polar surface area (TPSA) is 0 Å². The van der Waals surface area contributed by atoms with Gasteiger partial charge in [0.1, 0.15) is 0 Å². The number of allylic oxidation sites excluding steroid dienone is 1. The van der Waals surface area contributed by atoms with Gasteiger partial charge in [-0.25, -0.2) is 0 Å². The van der Waals surface area contributed by atoms with E-state index in [0.717, 1.165) is 6.42 Å². The van der Waals surface area contributed by atoms with E-state index in [0.29, 0.717) is 0 Å². The average molecular weight is 355 g/mol. The zero-order valence-corrected chi connectivity index (χ0v) is 16.2. The van der Waals surface area contributed by atoms with Crippen LogP contribution in [-0.2, 0) is 0 Å². The molecule has 134 valence electrons. The van der Waals surface area contributed by atoms with Crippen LogP contribution >= 0.6 is 11.6 Å². The molecule has 0 saturated carbocycles. The van der Waals surface area contributed by atoms with Crippen LogP contribution in [0.1, 0.15) is 69.4 Å². The van der Waals surface area contributed by atoms with E-state index in [1.807, 2.05) is 0 Å². The average Bonchev–Trinajstić information content (AvgIpc) is 2.67. The number of alkyl halides is 1. The second-order valence-corrected chi connectivity index (χ2v) is 7.30. The Morgan fingerprint density at radius 2 is 1.24 bits per heavy atom. The molecule has 0 amide bonds. The molecule has 0 aliphatic heterocycles. The van der Waals surface area contributed by atoms with E-state index in [2.05, 4.69) is 73.7 Å². The number of unbranched alkanes of at least 4 members (excludes halogenated alkanes) is 6. The molecule has 25 heavy (non-hydrogen) atoms. The van der Waals surface area contributed by atoms with Crippen molar-refractivity contribution in [1.29, 1.82) is 0 Å². The number of hydrogen-bond donors (Lipinski definition) is 0. The van der Waals surface area contributed by atoms with Crippen LogP contribution in [0.15, 0.2) is 66.7 Å². The Hall–Kier alpha value is -1.53. The van der Waals surface area contributed by atoms with Gasteiger partial charge in [0, 0.05) is 0 Å². The number of benzene rings is 2. The maximum atomic E-state index is 6.66. The summed E-state index contributed by atoms with van der Waals surface area (Å²) in [6.07, 6.45) is 12.6. The fourth-order valence-corrected chi connectivity index (χ4v) is 3.44. The van der Waals surface area contributed by atoms with E-state index in [1.54, 1.807) is 0 Å². The summed E-state index contributed by atoms with van der Waals surface area (Å²) in [4.78, 5) is 0. The van der Waals surface area contributed by atoms with Crippen molar-refractivity contribution in [3.8, 4) is 0 Å². The predicted molar refractivity (Wildman–Crippen MR) is 112 cm³/mol. The van der Waals surface area contributed by atoms with Crippen molar-refractivity contribution in [3.05, 3.63) is 77.9 Å². The minimum Gasteiger partial charge on any atom is -0.118 e. The lowest BCUT2D eigenvalue weighted by Gasteiger charge is -2.12. The molecule has 0 aliphatic rings. The number of hydrogen-bond acceptors (Lipinski definition) is 0. The molecule has 0 N–H and O–H groups in total. The van der Waals surface area contributed by atoms with E-state index in [9.17, 15) is 0 Å². The predicted octanol–water partition coefficient (Wildman–Crippen LogP) is 7.87. The molecule has 0 radical (unpaired) electrons. The third kappa shape index (κ3) is 7.48. The van der Waals surface area contributed by atoms with Gasteiger partial charge in [-0.1, -0.05) is 119 Å². The van der Waals surface area contributed by atoms with Crippen LogP contribution < -0.4 is 0 Å². The molecule has 1 atom stereocenters.